The number of nitrogens with zero attached hydrogens (tertiary/aromatic N) is 1. The summed E-state index contributed by atoms with van der Waals surface area (Å²) in [7, 11) is 1.79. The van der Waals surface area contributed by atoms with E-state index in [1.54, 1.807) is 24.1 Å². The van der Waals surface area contributed by atoms with Gasteiger partial charge in [-0.3, -0.25) is 4.79 Å². The van der Waals surface area contributed by atoms with Gasteiger partial charge < -0.3 is 4.90 Å². The number of amides is 1. The molecular weight excluding hydrogens is 313 g/mol. The SMILES string of the molecule is CCCC(C(=O)N(C)Cc1ccc(Cl)cc1)c1ccc(F)cc1. The van der Waals surface area contributed by atoms with Crippen molar-refractivity contribution in [3.8, 4) is 0 Å². The highest BCUT2D eigenvalue weighted by atomic mass is 35.5. The van der Waals surface area contributed by atoms with Crippen molar-refractivity contribution in [2.75, 3.05) is 7.05 Å². The fourth-order valence-electron chi connectivity index (χ4n) is 2.62. The van der Waals surface area contributed by atoms with Crippen molar-refractivity contribution < 1.29 is 9.18 Å². The van der Waals surface area contributed by atoms with Gasteiger partial charge in [0.1, 0.15) is 5.82 Å². The zero-order valence-corrected chi connectivity index (χ0v) is 14.2. The third-order valence-electron chi connectivity index (χ3n) is 3.86. The first kappa shape index (κ1) is 17.5. The molecule has 1 unspecified atom stereocenters. The van der Waals surface area contributed by atoms with E-state index in [1.807, 2.05) is 31.2 Å². The first-order valence-electron chi connectivity index (χ1n) is 7.76. The van der Waals surface area contributed by atoms with Gasteiger partial charge >= 0.3 is 0 Å². The number of likely N-dealkylation sites (N-methyl/N-ethyl adjacent to an activating group) is 1. The van der Waals surface area contributed by atoms with Crippen molar-refractivity contribution in [3.63, 3.8) is 0 Å². The first-order chi connectivity index (χ1) is 11.0. The number of hydrogen-bond donors (Lipinski definition) is 0. The Kier molecular flexibility index (Phi) is 6.17. The van der Waals surface area contributed by atoms with Crippen LogP contribution in [0.3, 0.4) is 0 Å². The van der Waals surface area contributed by atoms with Gasteiger partial charge in [-0.15, -0.1) is 0 Å². The second-order valence-electron chi connectivity index (χ2n) is 5.71. The second kappa shape index (κ2) is 8.11. The second-order valence-corrected chi connectivity index (χ2v) is 6.15. The van der Waals surface area contributed by atoms with Gasteiger partial charge in [0, 0.05) is 18.6 Å². The molecule has 122 valence electrons. The zero-order valence-electron chi connectivity index (χ0n) is 13.4. The summed E-state index contributed by atoms with van der Waals surface area (Å²) in [6.45, 7) is 2.57. The van der Waals surface area contributed by atoms with Crippen LogP contribution in [0.15, 0.2) is 48.5 Å². The topological polar surface area (TPSA) is 20.3 Å². The molecule has 4 heteroatoms. The lowest BCUT2D eigenvalue weighted by molar-refractivity contribution is -0.132. The van der Waals surface area contributed by atoms with E-state index in [2.05, 4.69) is 0 Å². The molecule has 2 nitrogen and oxygen atoms in total. The van der Waals surface area contributed by atoms with Crippen LogP contribution in [0.1, 0.15) is 36.8 Å². The minimum absolute atomic E-state index is 0.0495. The highest BCUT2D eigenvalue weighted by molar-refractivity contribution is 6.30. The Hall–Kier alpha value is -1.87. The van der Waals surface area contributed by atoms with E-state index in [-0.39, 0.29) is 17.6 Å². The molecular formula is C19H21ClFNO. The minimum atomic E-state index is -0.286. The number of carbonyl (C=O) groups excluding carboxylic acids is 1. The van der Waals surface area contributed by atoms with Crippen molar-refractivity contribution in [2.45, 2.75) is 32.2 Å². The van der Waals surface area contributed by atoms with Crippen LogP contribution in [0.5, 0.6) is 0 Å². The number of hydrogen-bond acceptors (Lipinski definition) is 1. The predicted molar refractivity (Wildman–Crippen MR) is 92.0 cm³/mol. The zero-order chi connectivity index (χ0) is 16.8. The van der Waals surface area contributed by atoms with Gasteiger partial charge in [0.05, 0.1) is 5.92 Å². The van der Waals surface area contributed by atoms with Gasteiger partial charge in [0.2, 0.25) is 5.91 Å². The lowest BCUT2D eigenvalue weighted by Gasteiger charge is -2.24. The summed E-state index contributed by atoms with van der Waals surface area (Å²) in [5, 5.41) is 0.679. The van der Waals surface area contributed by atoms with E-state index in [0.717, 1.165) is 24.0 Å². The Balaban J connectivity index is 2.13. The van der Waals surface area contributed by atoms with Gasteiger partial charge in [-0.2, -0.15) is 0 Å². The van der Waals surface area contributed by atoms with E-state index in [0.29, 0.717) is 11.6 Å². The summed E-state index contributed by atoms with van der Waals surface area (Å²) in [5.41, 5.74) is 1.89. The normalized spacial score (nSPS) is 12.0. The Morgan fingerprint density at radius 2 is 1.74 bits per heavy atom. The van der Waals surface area contributed by atoms with Crippen molar-refractivity contribution in [1.29, 1.82) is 0 Å². The molecule has 0 radical (unpaired) electrons. The molecule has 0 saturated carbocycles. The van der Waals surface area contributed by atoms with Crippen LogP contribution in [-0.2, 0) is 11.3 Å². The van der Waals surface area contributed by atoms with Gasteiger partial charge in [-0.25, -0.2) is 4.39 Å². The Bertz CT molecular complexity index is 639. The van der Waals surface area contributed by atoms with Crippen LogP contribution in [0.4, 0.5) is 4.39 Å². The minimum Gasteiger partial charge on any atom is -0.341 e. The number of carbonyl (C=O) groups is 1. The quantitative estimate of drug-likeness (QED) is 0.726. The molecule has 0 aliphatic heterocycles. The molecule has 0 spiro atoms. The third kappa shape index (κ3) is 4.80. The highest BCUT2D eigenvalue weighted by Gasteiger charge is 2.23. The molecule has 0 aromatic heterocycles. The molecule has 0 fully saturated rings. The van der Waals surface area contributed by atoms with Crippen molar-refractivity contribution >= 4 is 17.5 Å². The average Bonchev–Trinajstić information content (AvgIpc) is 2.55. The number of rotatable bonds is 6. The lowest BCUT2D eigenvalue weighted by Crippen LogP contribution is -2.31. The van der Waals surface area contributed by atoms with Gasteiger partial charge in [0.25, 0.3) is 0 Å². The summed E-state index contributed by atoms with van der Waals surface area (Å²) in [4.78, 5) is 14.5. The summed E-state index contributed by atoms with van der Waals surface area (Å²) in [6, 6.07) is 13.7. The molecule has 0 aliphatic carbocycles. The molecule has 2 aromatic carbocycles. The molecule has 0 aliphatic rings. The first-order valence-corrected chi connectivity index (χ1v) is 8.14. The predicted octanol–water partition coefficient (Wildman–Crippen LogP) is 5.02. The van der Waals surface area contributed by atoms with Crippen LogP contribution in [0.25, 0.3) is 0 Å². The molecule has 0 saturated heterocycles. The van der Waals surface area contributed by atoms with Crippen molar-refractivity contribution in [1.82, 2.24) is 4.90 Å². The fourth-order valence-corrected chi connectivity index (χ4v) is 2.75. The Morgan fingerprint density at radius 3 is 2.30 bits per heavy atom. The summed E-state index contributed by atoms with van der Waals surface area (Å²) >= 11 is 5.88. The summed E-state index contributed by atoms with van der Waals surface area (Å²) in [6.07, 6.45) is 1.64. The summed E-state index contributed by atoms with van der Waals surface area (Å²) < 4.78 is 13.1. The average molecular weight is 334 g/mol. The van der Waals surface area contributed by atoms with Crippen molar-refractivity contribution in [2.24, 2.45) is 0 Å². The van der Waals surface area contributed by atoms with E-state index < -0.39 is 0 Å². The molecule has 1 amide bonds. The third-order valence-corrected chi connectivity index (χ3v) is 4.11. The smallest absolute Gasteiger partial charge is 0.230 e. The van der Waals surface area contributed by atoms with Gasteiger partial charge in [-0.05, 0) is 41.8 Å². The maximum absolute atomic E-state index is 13.1. The van der Waals surface area contributed by atoms with E-state index in [1.165, 1.54) is 12.1 Å². The molecule has 23 heavy (non-hydrogen) atoms. The maximum atomic E-state index is 13.1. The molecule has 0 N–H and O–H groups in total. The van der Waals surface area contributed by atoms with Crippen LogP contribution in [-0.4, -0.2) is 17.9 Å². The Morgan fingerprint density at radius 1 is 1.13 bits per heavy atom. The van der Waals surface area contributed by atoms with Crippen molar-refractivity contribution in [3.05, 3.63) is 70.5 Å². The monoisotopic (exact) mass is 333 g/mol. The van der Waals surface area contributed by atoms with E-state index in [9.17, 15) is 9.18 Å². The van der Waals surface area contributed by atoms with Crippen LogP contribution >= 0.6 is 11.6 Å². The van der Waals surface area contributed by atoms with Crippen LogP contribution in [0.2, 0.25) is 5.02 Å². The highest BCUT2D eigenvalue weighted by Crippen LogP contribution is 2.24. The Labute approximate surface area is 141 Å². The fraction of sp³-hybridized carbons (Fsp3) is 0.316. The number of halogens is 2. The number of benzene rings is 2. The van der Waals surface area contributed by atoms with Crippen LogP contribution in [0, 0.1) is 5.82 Å². The van der Waals surface area contributed by atoms with Gasteiger partial charge in [-0.1, -0.05) is 49.2 Å². The molecule has 1 atom stereocenters. The maximum Gasteiger partial charge on any atom is 0.230 e. The molecule has 0 heterocycles. The van der Waals surface area contributed by atoms with E-state index in [4.69, 9.17) is 11.6 Å². The summed E-state index contributed by atoms with van der Waals surface area (Å²) in [5.74, 6) is -0.475. The molecule has 2 aromatic rings. The van der Waals surface area contributed by atoms with Crippen LogP contribution < -0.4 is 0 Å². The van der Waals surface area contributed by atoms with Gasteiger partial charge in [0.15, 0.2) is 0 Å². The molecule has 0 bridgehead atoms. The standard InChI is InChI=1S/C19H21ClFNO/c1-3-4-18(15-7-11-17(21)12-8-15)19(23)22(2)13-14-5-9-16(20)10-6-14/h5-12,18H,3-4,13H2,1-2H3. The van der Waals surface area contributed by atoms with E-state index >= 15 is 0 Å². The lowest BCUT2D eigenvalue weighted by atomic mass is 9.93. The molecule has 2 rings (SSSR count). The largest absolute Gasteiger partial charge is 0.341 e.